The molecule has 1 aromatic carbocycles. The molecule has 3 heterocycles. The van der Waals surface area contributed by atoms with E-state index in [0.29, 0.717) is 0 Å². The van der Waals surface area contributed by atoms with Gasteiger partial charge >= 0.3 is 0 Å². The van der Waals surface area contributed by atoms with Gasteiger partial charge in [0.05, 0.1) is 0 Å². The standard InChI is InChI=1S/C24H36N8.HI/c1-25-23(31-18-20-32(21-19-31)24-27-11-7-12-28-24)26-10-5-6-13-29-14-16-30(17-15-29)22-8-3-2-4-9-22;/h2-4,7-9,11-12H,5-6,10,13-21H2,1H3,(H,25,26);1H. The normalized spacial score (nSPS) is 17.6. The third-order valence-corrected chi connectivity index (χ3v) is 6.30. The first-order chi connectivity index (χ1) is 15.8. The molecule has 2 aliphatic heterocycles. The van der Waals surface area contributed by atoms with Crippen molar-refractivity contribution in [2.75, 3.05) is 82.3 Å². The average Bonchev–Trinajstić information content (AvgIpc) is 2.88. The quantitative estimate of drug-likeness (QED) is 0.240. The number of guanidine groups is 1. The van der Waals surface area contributed by atoms with E-state index in [0.717, 1.165) is 77.2 Å². The van der Waals surface area contributed by atoms with Crippen molar-refractivity contribution in [1.82, 2.24) is 25.1 Å². The zero-order valence-electron chi connectivity index (χ0n) is 19.6. The zero-order valence-corrected chi connectivity index (χ0v) is 22.0. The third kappa shape index (κ3) is 7.43. The lowest BCUT2D eigenvalue weighted by Gasteiger charge is -2.36. The van der Waals surface area contributed by atoms with Crippen molar-refractivity contribution in [2.24, 2.45) is 4.99 Å². The summed E-state index contributed by atoms with van der Waals surface area (Å²) in [6.45, 7) is 10.4. The van der Waals surface area contributed by atoms with Crippen molar-refractivity contribution in [2.45, 2.75) is 12.8 Å². The van der Waals surface area contributed by atoms with E-state index in [1.54, 1.807) is 12.4 Å². The Kier molecular flexibility index (Phi) is 10.5. The van der Waals surface area contributed by atoms with Gasteiger partial charge in [-0.1, -0.05) is 18.2 Å². The minimum absolute atomic E-state index is 0. The Morgan fingerprint density at radius 2 is 1.52 bits per heavy atom. The highest BCUT2D eigenvalue weighted by Gasteiger charge is 2.21. The molecule has 0 atom stereocenters. The largest absolute Gasteiger partial charge is 0.369 e. The molecule has 0 aliphatic carbocycles. The van der Waals surface area contributed by atoms with Crippen molar-refractivity contribution in [1.29, 1.82) is 0 Å². The van der Waals surface area contributed by atoms with Gasteiger partial charge in [0.1, 0.15) is 0 Å². The minimum Gasteiger partial charge on any atom is -0.369 e. The number of nitrogens with zero attached hydrogens (tertiary/aromatic N) is 7. The van der Waals surface area contributed by atoms with Crippen LogP contribution < -0.4 is 15.1 Å². The molecule has 1 N–H and O–H groups in total. The fourth-order valence-corrected chi connectivity index (χ4v) is 4.43. The van der Waals surface area contributed by atoms with E-state index in [4.69, 9.17) is 0 Å². The lowest BCUT2D eigenvalue weighted by molar-refractivity contribution is 0.253. The average molecular weight is 565 g/mol. The van der Waals surface area contributed by atoms with Crippen LogP contribution in [0.25, 0.3) is 0 Å². The molecule has 0 unspecified atom stereocenters. The molecular weight excluding hydrogens is 527 g/mol. The second-order valence-electron chi connectivity index (χ2n) is 8.37. The molecule has 33 heavy (non-hydrogen) atoms. The molecule has 8 nitrogen and oxygen atoms in total. The van der Waals surface area contributed by atoms with Crippen molar-refractivity contribution >= 4 is 41.6 Å². The first-order valence-electron chi connectivity index (χ1n) is 11.8. The summed E-state index contributed by atoms with van der Waals surface area (Å²) in [6.07, 6.45) is 5.99. The van der Waals surface area contributed by atoms with Crippen molar-refractivity contribution in [3.05, 3.63) is 48.8 Å². The summed E-state index contributed by atoms with van der Waals surface area (Å²) in [6, 6.07) is 12.6. The minimum atomic E-state index is 0. The molecule has 180 valence electrons. The molecule has 0 amide bonds. The number of para-hydroxylation sites is 1. The number of aliphatic imine (C=N–C) groups is 1. The summed E-state index contributed by atoms with van der Waals surface area (Å²) in [5.41, 5.74) is 1.35. The van der Waals surface area contributed by atoms with Crippen LogP contribution in [-0.4, -0.2) is 98.2 Å². The number of unbranched alkanes of at least 4 members (excludes halogenated alkanes) is 1. The van der Waals surface area contributed by atoms with Crippen LogP contribution in [0.3, 0.4) is 0 Å². The maximum absolute atomic E-state index is 4.50. The number of benzene rings is 1. The van der Waals surface area contributed by atoms with Crippen LogP contribution in [0.15, 0.2) is 53.8 Å². The maximum atomic E-state index is 4.50. The monoisotopic (exact) mass is 564 g/mol. The summed E-state index contributed by atoms with van der Waals surface area (Å²) < 4.78 is 0. The second kappa shape index (κ2) is 13.5. The maximum Gasteiger partial charge on any atom is 0.225 e. The Labute approximate surface area is 215 Å². The summed E-state index contributed by atoms with van der Waals surface area (Å²) in [4.78, 5) is 22.9. The number of nitrogens with one attached hydrogen (secondary N) is 1. The highest BCUT2D eigenvalue weighted by Crippen LogP contribution is 2.15. The summed E-state index contributed by atoms with van der Waals surface area (Å²) in [5.74, 6) is 1.83. The van der Waals surface area contributed by atoms with Crippen molar-refractivity contribution in [3.63, 3.8) is 0 Å². The van der Waals surface area contributed by atoms with E-state index < -0.39 is 0 Å². The fourth-order valence-electron chi connectivity index (χ4n) is 4.43. The van der Waals surface area contributed by atoms with Crippen LogP contribution >= 0.6 is 24.0 Å². The van der Waals surface area contributed by atoms with E-state index in [9.17, 15) is 0 Å². The van der Waals surface area contributed by atoms with Crippen LogP contribution in [-0.2, 0) is 0 Å². The van der Waals surface area contributed by atoms with Crippen LogP contribution in [0, 0.1) is 0 Å². The Bertz CT molecular complexity index is 819. The van der Waals surface area contributed by atoms with Gasteiger partial charge in [0.15, 0.2) is 5.96 Å². The molecule has 2 saturated heterocycles. The van der Waals surface area contributed by atoms with E-state index in [1.165, 1.54) is 18.7 Å². The zero-order chi connectivity index (χ0) is 22.0. The lowest BCUT2D eigenvalue weighted by atomic mass is 10.2. The molecule has 4 rings (SSSR count). The summed E-state index contributed by atoms with van der Waals surface area (Å²) in [5, 5.41) is 3.56. The van der Waals surface area contributed by atoms with Gasteiger partial charge in [0.25, 0.3) is 0 Å². The molecule has 1 aromatic heterocycles. The van der Waals surface area contributed by atoms with Gasteiger partial charge in [-0.2, -0.15) is 0 Å². The smallest absolute Gasteiger partial charge is 0.225 e. The number of hydrogen-bond acceptors (Lipinski definition) is 6. The number of halogens is 1. The van der Waals surface area contributed by atoms with Gasteiger partial charge in [0.2, 0.25) is 5.95 Å². The van der Waals surface area contributed by atoms with Gasteiger partial charge in [-0.05, 0) is 37.6 Å². The SMILES string of the molecule is CN=C(NCCCCN1CCN(c2ccccc2)CC1)N1CCN(c2ncccn2)CC1.I. The predicted octanol–water partition coefficient (Wildman–Crippen LogP) is 2.39. The summed E-state index contributed by atoms with van der Waals surface area (Å²) >= 11 is 0. The van der Waals surface area contributed by atoms with Gasteiger partial charge < -0.3 is 20.0 Å². The van der Waals surface area contributed by atoms with Crippen molar-refractivity contribution < 1.29 is 0 Å². The first-order valence-corrected chi connectivity index (χ1v) is 11.8. The Morgan fingerprint density at radius 3 is 2.18 bits per heavy atom. The number of piperazine rings is 2. The highest BCUT2D eigenvalue weighted by atomic mass is 127. The number of anilines is 2. The first kappa shape index (κ1) is 25.5. The fraction of sp³-hybridized carbons (Fsp3) is 0.542. The van der Waals surface area contributed by atoms with E-state index in [-0.39, 0.29) is 24.0 Å². The topological polar surface area (TPSA) is 63.1 Å². The lowest BCUT2D eigenvalue weighted by Crippen LogP contribution is -2.53. The Balaban J connectivity index is 0.00000306. The molecule has 2 aliphatic rings. The van der Waals surface area contributed by atoms with Crippen LogP contribution in [0.5, 0.6) is 0 Å². The number of rotatable bonds is 7. The molecule has 0 saturated carbocycles. The summed E-state index contributed by atoms with van der Waals surface area (Å²) in [7, 11) is 1.88. The second-order valence-corrected chi connectivity index (χ2v) is 8.37. The predicted molar refractivity (Wildman–Crippen MR) is 147 cm³/mol. The van der Waals surface area contributed by atoms with E-state index in [2.05, 4.69) is 70.2 Å². The van der Waals surface area contributed by atoms with Crippen LogP contribution in [0.2, 0.25) is 0 Å². The molecule has 2 fully saturated rings. The Hall–Kier alpha value is -2.14. The van der Waals surface area contributed by atoms with Gasteiger partial charge in [0, 0.05) is 84.0 Å². The molecular formula is C24H37IN8. The van der Waals surface area contributed by atoms with Gasteiger partial charge in [-0.3, -0.25) is 9.89 Å². The third-order valence-electron chi connectivity index (χ3n) is 6.30. The molecule has 0 bridgehead atoms. The Morgan fingerprint density at radius 1 is 0.848 bits per heavy atom. The van der Waals surface area contributed by atoms with Gasteiger partial charge in [-0.25, -0.2) is 9.97 Å². The number of hydrogen-bond donors (Lipinski definition) is 1. The molecule has 0 radical (unpaired) electrons. The van der Waals surface area contributed by atoms with Crippen molar-refractivity contribution in [3.8, 4) is 0 Å². The van der Waals surface area contributed by atoms with Crippen LogP contribution in [0.4, 0.5) is 11.6 Å². The van der Waals surface area contributed by atoms with E-state index >= 15 is 0 Å². The highest BCUT2D eigenvalue weighted by molar-refractivity contribution is 14.0. The van der Waals surface area contributed by atoms with Gasteiger partial charge in [-0.15, -0.1) is 24.0 Å². The number of aromatic nitrogens is 2. The van der Waals surface area contributed by atoms with Crippen LogP contribution in [0.1, 0.15) is 12.8 Å². The molecule has 0 spiro atoms. The molecule has 9 heteroatoms. The van der Waals surface area contributed by atoms with E-state index in [1.807, 2.05) is 13.1 Å². The molecule has 2 aromatic rings.